The first kappa shape index (κ1) is 17.6. The first-order chi connectivity index (χ1) is 12.5. The van der Waals surface area contributed by atoms with Crippen molar-refractivity contribution in [3.8, 4) is 11.5 Å². The number of carbonyl (C=O) groups is 1. The molecule has 134 valence electrons. The lowest BCUT2D eigenvalue weighted by Crippen LogP contribution is -2.14. The maximum atomic E-state index is 12.1. The van der Waals surface area contributed by atoms with E-state index >= 15 is 0 Å². The lowest BCUT2D eigenvalue weighted by atomic mass is 10.1. The molecule has 1 N–H and O–H groups in total. The second kappa shape index (κ2) is 7.77. The summed E-state index contributed by atoms with van der Waals surface area (Å²) in [6.45, 7) is 2.02. The molecule has 3 aromatic rings. The summed E-state index contributed by atoms with van der Waals surface area (Å²) in [6, 6.07) is 11.5. The number of amides is 1. The third-order valence-corrected chi connectivity index (χ3v) is 3.82. The highest BCUT2D eigenvalue weighted by Crippen LogP contribution is 2.19. The smallest absolute Gasteiger partial charge is 0.247 e. The molecule has 0 bridgehead atoms. The predicted molar refractivity (Wildman–Crippen MR) is 100.0 cm³/mol. The van der Waals surface area contributed by atoms with Crippen LogP contribution in [0.3, 0.4) is 0 Å². The van der Waals surface area contributed by atoms with Gasteiger partial charge < -0.3 is 14.6 Å². The Kier molecular flexibility index (Phi) is 5.26. The van der Waals surface area contributed by atoms with Gasteiger partial charge in [0.2, 0.25) is 17.7 Å². The third-order valence-electron chi connectivity index (χ3n) is 3.82. The molecule has 2 heterocycles. The first-order valence-electron chi connectivity index (χ1n) is 8.34. The number of aryl methyl sites for hydroxylation is 2. The van der Waals surface area contributed by atoms with E-state index in [9.17, 15) is 4.79 Å². The van der Waals surface area contributed by atoms with Crippen molar-refractivity contribution in [1.82, 2.24) is 15.2 Å². The Morgan fingerprint density at radius 3 is 2.54 bits per heavy atom. The summed E-state index contributed by atoms with van der Waals surface area (Å²) in [6.07, 6.45) is 2.27. The normalized spacial score (nSPS) is 10.6. The molecule has 3 rings (SSSR count). The highest BCUT2D eigenvalue weighted by Gasteiger charge is 2.11. The number of anilines is 2. The monoisotopic (exact) mass is 351 g/mol. The Hall–Kier alpha value is -3.22. The number of nitrogens with zero attached hydrogens (tertiary/aromatic N) is 4. The van der Waals surface area contributed by atoms with Crippen LogP contribution in [0.1, 0.15) is 17.9 Å². The van der Waals surface area contributed by atoms with Crippen molar-refractivity contribution in [2.75, 3.05) is 24.3 Å². The Balaban J connectivity index is 1.54. The van der Waals surface area contributed by atoms with Crippen LogP contribution in [0.15, 0.2) is 47.0 Å². The lowest BCUT2D eigenvalue weighted by Gasteiger charge is -2.11. The Morgan fingerprint density at radius 2 is 1.88 bits per heavy atom. The molecule has 0 atom stereocenters. The van der Waals surface area contributed by atoms with E-state index in [0.717, 1.165) is 11.4 Å². The highest BCUT2D eigenvalue weighted by molar-refractivity contribution is 5.90. The first-order valence-corrected chi connectivity index (χ1v) is 8.34. The molecule has 0 saturated carbocycles. The number of hydrogen-bond acceptors (Lipinski definition) is 6. The number of carbonyl (C=O) groups excluding carboxylic acids is 1. The number of hydrogen-bond donors (Lipinski definition) is 1. The minimum atomic E-state index is -0.125. The molecule has 1 aromatic carbocycles. The van der Waals surface area contributed by atoms with Crippen LogP contribution in [0.25, 0.3) is 11.5 Å². The summed E-state index contributed by atoms with van der Waals surface area (Å²) < 4.78 is 5.63. The Morgan fingerprint density at radius 1 is 1.12 bits per heavy atom. The number of nitrogens with one attached hydrogen (secondary N) is 1. The van der Waals surface area contributed by atoms with Gasteiger partial charge in [-0.3, -0.25) is 4.79 Å². The van der Waals surface area contributed by atoms with Crippen LogP contribution in [-0.4, -0.2) is 35.2 Å². The van der Waals surface area contributed by atoms with Crippen LogP contribution in [0.5, 0.6) is 0 Å². The van der Waals surface area contributed by atoms with E-state index in [-0.39, 0.29) is 12.3 Å². The molecule has 0 spiro atoms. The van der Waals surface area contributed by atoms with E-state index in [0.29, 0.717) is 23.9 Å². The molecule has 0 aliphatic carbocycles. The topological polar surface area (TPSA) is 84.2 Å². The summed E-state index contributed by atoms with van der Waals surface area (Å²) in [5, 5.41) is 10.9. The second-order valence-electron chi connectivity index (χ2n) is 6.21. The van der Waals surface area contributed by atoms with E-state index in [2.05, 4.69) is 20.5 Å². The van der Waals surface area contributed by atoms with E-state index in [1.165, 1.54) is 5.56 Å². The SMILES string of the molecule is Cc1ccc(-c2nnc(CCC(=O)Nc3ccc(N(C)C)nc3)o2)cc1. The highest BCUT2D eigenvalue weighted by atomic mass is 16.4. The van der Waals surface area contributed by atoms with Gasteiger partial charge in [0.1, 0.15) is 5.82 Å². The average molecular weight is 351 g/mol. The van der Waals surface area contributed by atoms with Crippen LogP contribution in [-0.2, 0) is 11.2 Å². The average Bonchev–Trinajstić information content (AvgIpc) is 3.10. The van der Waals surface area contributed by atoms with Crippen molar-refractivity contribution in [3.05, 3.63) is 54.0 Å². The number of aromatic nitrogens is 3. The molecule has 0 saturated heterocycles. The van der Waals surface area contributed by atoms with Crippen molar-refractivity contribution in [2.24, 2.45) is 0 Å². The molecule has 2 aromatic heterocycles. The number of benzene rings is 1. The van der Waals surface area contributed by atoms with Crippen LogP contribution >= 0.6 is 0 Å². The molecule has 26 heavy (non-hydrogen) atoms. The van der Waals surface area contributed by atoms with Crippen molar-refractivity contribution >= 4 is 17.4 Å². The second-order valence-corrected chi connectivity index (χ2v) is 6.21. The van der Waals surface area contributed by atoms with Crippen LogP contribution in [0, 0.1) is 6.92 Å². The zero-order valence-electron chi connectivity index (χ0n) is 15.1. The summed E-state index contributed by atoms with van der Waals surface area (Å²) in [5.41, 5.74) is 2.69. The van der Waals surface area contributed by atoms with Crippen LogP contribution in [0.4, 0.5) is 11.5 Å². The molecule has 0 aliphatic heterocycles. The van der Waals surface area contributed by atoms with Crippen molar-refractivity contribution < 1.29 is 9.21 Å². The minimum Gasteiger partial charge on any atom is -0.421 e. The predicted octanol–water partition coefficient (Wildman–Crippen LogP) is 3.08. The van der Waals surface area contributed by atoms with Gasteiger partial charge in [0, 0.05) is 32.5 Å². The van der Waals surface area contributed by atoms with E-state index in [1.54, 1.807) is 6.20 Å². The maximum absolute atomic E-state index is 12.1. The lowest BCUT2D eigenvalue weighted by molar-refractivity contribution is -0.116. The molecular formula is C19H21N5O2. The molecular weight excluding hydrogens is 330 g/mol. The van der Waals surface area contributed by atoms with Crippen LogP contribution < -0.4 is 10.2 Å². The van der Waals surface area contributed by atoms with Gasteiger partial charge in [-0.25, -0.2) is 4.98 Å². The fourth-order valence-electron chi connectivity index (χ4n) is 2.34. The number of pyridine rings is 1. The van der Waals surface area contributed by atoms with E-state index in [4.69, 9.17) is 4.42 Å². The summed E-state index contributed by atoms with van der Waals surface area (Å²) in [7, 11) is 3.83. The largest absolute Gasteiger partial charge is 0.421 e. The van der Waals surface area contributed by atoms with E-state index in [1.807, 2.05) is 62.3 Å². The molecule has 1 amide bonds. The zero-order chi connectivity index (χ0) is 18.5. The summed E-state index contributed by atoms with van der Waals surface area (Å²) in [5.74, 6) is 1.61. The van der Waals surface area contributed by atoms with Gasteiger partial charge in [-0.2, -0.15) is 0 Å². The van der Waals surface area contributed by atoms with Gasteiger partial charge in [-0.15, -0.1) is 10.2 Å². The van der Waals surface area contributed by atoms with Gasteiger partial charge in [-0.05, 0) is 31.2 Å². The zero-order valence-corrected chi connectivity index (χ0v) is 15.1. The van der Waals surface area contributed by atoms with Crippen molar-refractivity contribution in [3.63, 3.8) is 0 Å². The van der Waals surface area contributed by atoms with Gasteiger partial charge >= 0.3 is 0 Å². The van der Waals surface area contributed by atoms with E-state index < -0.39 is 0 Å². The molecule has 0 unspecified atom stereocenters. The minimum absolute atomic E-state index is 0.125. The quantitative estimate of drug-likeness (QED) is 0.735. The van der Waals surface area contributed by atoms with Crippen molar-refractivity contribution in [1.29, 1.82) is 0 Å². The fraction of sp³-hybridized carbons (Fsp3) is 0.263. The van der Waals surface area contributed by atoms with Crippen molar-refractivity contribution in [2.45, 2.75) is 19.8 Å². The third kappa shape index (κ3) is 4.44. The van der Waals surface area contributed by atoms with Crippen LogP contribution in [0.2, 0.25) is 0 Å². The molecule has 0 aliphatic rings. The molecule has 0 radical (unpaired) electrons. The Labute approximate surface area is 152 Å². The van der Waals surface area contributed by atoms with Gasteiger partial charge in [0.25, 0.3) is 0 Å². The Bertz CT molecular complexity index is 870. The summed E-state index contributed by atoms with van der Waals surface area (Å²) in [4.78, 5) is 18.2. The summed E-state index contributed by atoms with van der Waals surface area (Å²) >= 11 is 0. The fourth-order valence-corrected chi connectivity index (χ4v) is 2.34. The molecule has 7 heteroatoms. The van der Waals surface area contributed by atoms with Gasteiger partial charge in [-0.1, -0.05) is 17.7 Å². The molecule has 7 nitrogen and oxygen atoms in total. The van der Waals surface area contributed by atoms with Gasteiger partial charge in [0.15, 0.2) is 0 Å². The molecule has 0 fully saturated rings. The standard InChI is InChI=1S/C19H21N5O2/c1-13-4-6-14(7-5-13)19-23-22-18(26-19)11-10-17(25)21-15-8-9-16(20-12-15)24(2)3/h4-9,12H,10-11H2,1-3H3,(H,21,25). The van der Waals surface area contributed by atoms with Gasteiger partial charge in [0.05, 0.1) is 11.9 Å². The number of rotatable bonds is 6. The maximum Gasteiger partial charge on any atom is 0.247 e.